The zero-order valence-electron chi connectivity index (χ0n) is 12.9. The Balaban J connectivity index is 2.07. The Morgan fingerprint density at radius 3 is 2.38 bits per heavy atom. The summed E-state index contributed by atoms with van der Waals surface area (Å²) in [7, 11) is -1.90. The molecule has 1 N–H and O–H groups in total. The SMILES string of the molecule is CCN1CCC(N(C)S(=O)(=O)C2CCCC2C(=O)O)CC1. The molecule has 2 atom stereocenters. The second-order valence-electron chi connectivity index (χ2n) is 6.14. The van der Waals surface area contributed by atoms with E-state index in [1.807, 2.05) is 0 Å². The maximum absolute atomic E-state index is 12.7. The number of likely N-dealkylation sites (tertiary alicyclic amines) is 1. The van der Waals surface area contributed by atoms with Gasteiger partial charge in [0, 0.05) is 13.1 Å². The van der Waals surface area contributed by atoms with Crippen LogP contribution >= 0.6 is 0 Å². The number of sulfonamides is 1. The van der Waals surface area contributed by atoms with E-state index in [-0.39, 0.29) is 6.04 Å². The summed E-state index contributed by atoms with van der Waals surface area (Å²) in [5, 5.41) is 8.47. The number of carbonyl (C=O) groups is 1. The second kappa shape index (κ2) is 6.62. The molecule has 1 saturated heterocycles. The molecule has 1 heterocycles. The lowest BCUT2D eigenvalue weighted by atomic mass is 10.1. The maximum Gasteiger partial charge on any atom is 0.307 e. The normalized spacial score (nSPS) is 29.1. The largest absolute Gasteiger partial charge is 0.481 e. The minimum atomic E-state index is -3.52. The number of hydrogen-bond acceptors (Lipinski definition) is 4. The highest BCUT2D eigenvalue weighted by molar-refractivity contribution is 7.89. The molecule has 21 heavy (non-hydrogen) atoms. The summed E-state index contributed by atoms with van der Waals surface area (Å²) in [6.45, 7) is 4.92. The first kappa shape index (κ1) is 16.7. The van der Waals surface area contributed by atoms with Gasteiger partial charge in [-0.3, -0.25) is 4.79 Å². The summed E-state index contributed by atoms with van der Waals surface area (Å²) < 4.78 is 27.0. The van der Waals surface area contributed by atoms with Crippen LogP contribution in [0.25, 0.3) is 0 Å². The fourth-order valence-corrected chi connectivity index (χ4v) is 5.77. The van der Waals surface area contributed by atoms with Crippen molar-refractivity contribution in [1.29, 1.82) is 0 Å². The first-order valence-electron chi connectivity index (χ1n) is 7.80. The van der Waals surface area contributed by atoms with Gasteiger partial charge in [-0.15, -0.1) is 0 Å². The van der Waals surface area contributed by atoms with Crippen molar-refractivity contribution in [1.82, 2.24) is 9.21 Å². The highest BCUT2D eigenvalue weighted by atomic mass is 32.2. The van der Waals surface area contributed by atoms with Crippen molar-refractivity contribution in [3.8, 4) is 0 Å². The van der Waals surface area contributed by atoms with Crippen LogP contribution in [0.5, 0.6) is 0 Å². The van der Waals surface area contributed by atoms with E-state index in [1.165, 1.54) is 4.31 Å². The molecule has 1 aliphatic carbocycles. The molecule has 2 rings (SSSR count). The lowest BCUT2D eigenvalue weighted by Gasteiger charge is -2.37. The third-order valence-corrected chi connectivity index (χ3v) is 7.50. The lowest BCUT2D eigenvalue weighted by Crippen LogP contribution is -2.49. The molecule has 1 aliphatic heterocycles. The highest BCUT2D eigenvalue weighted by Gasteiger charge is 2.45. The Morgan fingerprint density at radius 2 is 1.86 bits per heavy atom. The monoisotopic (exact) mass is 318 g/mol. The minimum Gasteiger partial charge on any atom is -0.481 e. The summed E-state index contributed by atoms with van der Waals surface area (Å²) in [5.41, 5.74) is 0. The zero-order valence-corrected chi connectivity index (χ0v) is 13.7. The van der Waals surface area contributed by atoms with Crippen molar-refractivity contribution >= 4 is 16.0 Å². The Bertz CT molecular complexity index is 471. The molecule has 0 aromatic rings. The summed E-state index contributed by atoms with van der Waals surface area (Å²) in [4.78, 5) is 13.6. The summed E-state index contributed by atoms with van der Waals surface area (Å²) >= 11 is 0. The van der Waals surface area contributed by atoms with E-state index in [2.05, 4.69) is 11.8 Å². The van der Waals surface area contributed by atoms with E-state index in [4.69, 9.17) is 0 Å². The molecule has 7 heteroatoms. The van der Waals surface area contributed by atoms with Gasteiger partial charge in [-0.05, 0) is 45.3 Å². The first-order chi connectivity index (χ1) is 9.87. The average molecular weight is 318 g/mol. The molecule has 122 valence electrons. The van der Waals surface area contributed by atoms with Gasteiger partial charge in [0.15, 0.2) is 0 Å². The fourth-order valence-electron chi connectivity index (χ4n) is 3.59. The lowest BCUT2D eigenvalue weighted by molar-refractivity contribution is -0.141. The van der Waals surface area contributed by atoms with E-state index < -0.39 is 27.2 Å². The molecular weight excluding hydrogens is 292 g/mol. The Kier molecular flexibility index (Phi) is 5.27. The molecule has 0 spiro atoms. The molecule has 0 radical (unpaired) electrons. The molecule has 2 fully saturated rings. The molecule has 0 amide bonds. The van der Waals surface area contributed by atoms with Crippen molar-refractivity contribution in [3.05, 3.63) is 0 Å². The number of piperidine rings is 1. The van der Waals surface area contributed by atoms with Gasteiger partial charge in [0.05, 0.1) is 11.2 Å². The Labute approximate surface area is 127 Å². The van der Waals surface area contributed by atoms with E-state index in [9.17, 15) is 18.3 Å². The van der Waals surface area contributed by atoms with Crippen LogP contribution in [0.15, 0.2) is 0 Å². The van der Waals surface area contributed by atoms with Gasteiger partial charge in [0.2, 0.25) is 10.0 Å². The number of carboxylic acids is 1. The average Bonchev–Trinajstić information content (AvgIpc) is 2.97. The van der Waals surface area contributed by atoms with Gasteiger partial charge >= 0.3 is 5.97 Å². The minimum absolute atomic E-state index is 0.00726. The molecule has 0 aromatic heterocycles. The number of carboxylic acid groups (broad SMARTS) is 1. The highest BCUT2D eigenvalue weighted by Crippen LogP contribution is 2.34. The van der Waals surface area contributed by atoms with Gasteiger partial charge in [0.25, 0.3) is 0 Å². The third-order valence-electron chi connectivity index (χ3n) is 5.07. The third kappa shape index (κ3) is 3.40. The quantitative estimate of drug-likeness (QED) is 0.818. The van der Waals surface area contributed by atoms with E-state index >= 15 is 0 Å². The van der Waals surface area contributed by atoms with Crippen molar-refractivity contribution in [2.75, 3.05) is 26.7 Å². The van der Waals surface area contributed by atoms with Crippen LogP contribution < -0.4 is 0 Å². The van der Waals surface area contributed by atoms with Crippen molar-refractivity contribution in [3.63, 3.8) is 0 Å². The van der Waals surface area contributed by atoms with Gasteiger partial charge in [-0.25, -0.2) is 12.7 Å². The van der Waals surface area contributed by atoms with Crippen LogP contribution in [0, 0.1) is 5.92 Å². The number of rotatable bonds is 5. The summed E-state index contributed by atoms with van der Waals surface area (Å²) in [6, 6.07) is 0.00726. The molecule has 1 saturated carbocycles. The van der Waals surface area contributed by atoms with E-state index in [1.54, 1.807) is 7.05 Å². The van der Waals surface area contributed by atoms with Crippen LogP contribution in [-0.4, -0.2) is 66.7 Å². The van der Waals surface area contributed by atoms with E-state index in [0.717, 1.165) is 32.5 Å². The Morgan fingerprint density at radius 1 is 1.24 bits per heavy atom. The van der Waals surface area contributed by atoms with Crippen LogP contribution in [0.3, 0.4) is 0 Å². The topological polar surface area (TPSA) is 77.9 Å². The predicted molar refractivity (Wildman–Crippen MR) is 80.6 cm³/mol. The zero-order chi connectivity index (χ0) is 15.6. The van der Waals surface area contributed by atoms with Gasteiger partial charge < -0.3 is 10.0 Å². The van der Waals surface area contributed by atoms with Gasteiger partial charge in [-0.2, -0.15) is 0 Å². The first-order valence-corrected chi connectivity index (χ1v) is 9.30. The van der Waals surface area contributed by atoms with Crippen molar-refractivity contribution in [2.24, 2.45) is 5.92 Å². The second-order valence-corrected chi connectivity index (χ2v) is 8.35. The predicted octanol–water partition coefficient (Wildman–Crippen LogP) is 0.986. The molecule has 6 nitrogen and oxygen atoms in total. The molecule has 0 aromatic carbocycles. The molecular formula is C14H26N2O4S. The van der Waals surface area contributed by atoms with Crippen molar-refractivity contribution < 1.29 is 18.3 Å². The standard InChI is InChI=1S/C14H26N2O4S/c1-3-16-9-7-11(8-10-16)15(2)21(19,20)13-6-4-5-12(13)14(17)18/h11-13H,3-10H2,1-2H3,(H,17,18). The fraction of sp³-hybridized carbons (Fsp3) is 0.929. The summed E-state index contributed by atoms with van der Waals surface area (Å²) in [5.74, 6) is -1.72. The number of hydrogen-bond donors (Lipinski definition) is 1. The van der Waals surface area contributed by atoms with Gasteiger partial charge in [0.1, 0.15) is 0 Å². The Hall–Kier alpha value is -0.660. The molecule has 0 bridgehead atoms. The summed E-state index contributed by atoms with van der Waals surface area (Å²) in [6.07, 6.45) is 3.28. The van der Waals surface area contributed by atoms with Crippen LogP contribution in [0.4, 0.5) is 0 Å². The van der Waals surface area contributed by atoms with Crippen molar-refractivity contribution in [2.45, 2.75) is 50.3 Å². The molecule has 2 unspecified atom stereocenters. The smallest absolute Gasteiger partial charge is 0.307 e. The van der Waals surface area contributed by atoms with Crippen LogP contribution in [0.1, 0.15) is 39.0 Å². The van der Waals surface area contributed by atoms with Gasteiger partial charge in [-0.1, -0.05) is 13.3 Å². The van der Waals surface area contributed by atoms with Crippen LogP contribution in [-0.2, 0) is 14.8 Å². The van der Waals surface area contributed by atoms with Crippen LogP contribution in [0.2, 0.25) is 0 Å². The molecule has 2 aliphatic rings. The number of aliphatic carboxylic acids is 1. The number of nitrogens with zero attached hydrogens (tertiary/aromatic N) is 2. The maximum atomic E-state index is 12.7. The van der Waals surface area contributed by atoms with E-state index in [0.29, 0.717) is 19.3 Å².